The van der Waals surface area contributed by atoms with Crippen LogP contribution in [-0.4, -0.2) is 35.5 Å². The summed E-state index contributed by atoms with van der Waals surface area (Å²) in [6.07, 6.45) is 26.5. The maximum absolute atomic E-state index is 9.65. The number of unbranched alkanes of at least 4 members (excludes halogenated alkanes) is 16. The van der Waals surface area contributed by atoms with Crippen molar-refractivity contribution in [3.8, 4) is 0 Å². The molecule has 0 aliphatic carbocycles. The SMILES string of the molecule is CCCCCCCCCCCC(CCCCCCCCCCC)NCC(O)CO. The molecule has 0 saturated heterocycles. The first-order valence-corrected chi connectivity index (χ1v) is 13.3. The Bertz CT molecular complexity index is 276. The molecule has 0 aromatic heterocycles. The fourth-order valence-electron chi connectivity index (χ4n) is 4.12. The summed E-state index contributed by atoms with van der Waals surface area (Å²) in [4.78, 5) is 0. The third-order valence-electron chi connectivity index (χ3n) is 6.17. The van der Waals surface area contributed by atoms with E-state index in [1.165, 1.54) is 128 Å². The van der Waals surface area contributed by atoms with Gasteiger partial charge in [-0.25, -0.2) is 0 Å². The molecule has 0 fully saturated rings. The van der Waals surface area contributed by atoms with Gasteiger partial charge in [0.2, 0.25) is 0 Å². The van der Waals surface area contributed by atoms with Crippen molar-refractivity contribution in [2.75, 3.05) is 13.2 Å². The van der Waals surface area contributed by atoms with E-state index in [4.69, 9.17) is 5.11 Å². The Morgan fingerprint density at radius 3 is 1.24 bits per heavy atom. The van der Waals surface area contributed by atoms with Crippen LogP contribution in [0.15, 0.2) is 0 Å². The van der Waals surface area contributed by atoms with Crippen LogP contribution in [0.4, 0.5) is 0 Å². The third kappa shape index (κ3) is 22.4. The van der Waals surface area contributed by atoms with E-state index in [2.05, 4.69) is 19.2 Å². The second kappa shape index (κ2) is 24.2. The summed E-state index contributed by atoms with van der Waals surface area (Å²) in [6.45, 7) is 4.93. The molecule has 0 amide bonds. The van der Waals surface area contributed by atoms with Gasteiger partial charge in [0.25, 0.3) is 0 Å². The van der Waals surface area contributed by atoms with Gasteiger partial charge in [-0.05, 0) is 12.8 Å². The molecule has 0 saturated carbocycles. The van der Waals surface area contributed by atoms with Crippen molar-refractivity contribution < 1.29 is 10.2 Å². The zero-order valence-corrected chi connectivity index (χ0v) is 20.1. The quantitative estimate of drug-likeness (QED) is 0.147. The van der Waals surface area contributed by atoms with Gasteiger partial charge < -0.3 is 15.5 Å². The van der Waals surface area contributed by atoms with E-state index in [1.807, 2.05) is 0 Å². The van der Waals surface area contributed by atoms with Crippen molar-refractivity contribution >= 4 is 0 Å². The minimum absolute atomic E-state index is 0.143. The molecule has 3 heteroatoms. The number of nitrogens with one attached hydrogen (secondary N) is 1. The molecular weight excluding hydrogens is 358 g/mol. The molecule has 3 nitrogen and oxygen atoms in total. The highest BCUT2D eigenvalue weighted by Crippen LogP contribution is 2.15. The Labute approximate surface area is 183 Å². The van der Waals surface area contributed by atoms with Crippen LogP contribution in [0.5, 0.6) is 0 Å². The van der Waals surface area contributed by atoms with Gasteiger partial charge >= 0.3 is 0 Å². The van der Waals surface area contributed by atoms with Gasteiger partial charge in [-0.15, -0.1) is 0 Å². The lowest BCUT2D eigenvalue weighted by Crippen LogP contribution is -2.37. The maximum Gasteiger partial charge on any atom is 0.0895 e. The van der Waals surface area contributed by atoms with E-state index < -0.39 is 6.10 Å². The van der Waals surface area contributed by atoms with Crippen LogP contribution < -0.4 is 5.32 Å². The highest BCUT2D eigenvalue weighted by atomic mass is 16.3. The van der Waals surface area contributed by atoms with Crippen molar-refractivity contribution in [3.63, 3.8) is 0 Å². The van der Waals surface area contributed by atoms with Gasteiger partial charge in [-0.3, -0.25) is 0 Å². The number of hydrogen-bond acceptors (Lipinski definition) is 3. The van der Waals surface area contributed by atoms with Crippen molar-refractivity contribution in [3.05, 3.63) is 0 Å². The molecule has 29 heavy (non-hydrogen) atoms. The molecule has 1 atom stereocenters. The fraction of sp³-hybridized carbons (Fsp3) is 1.00. The zero-order chi connectivity index (χ0) is 21.4. The number of rotatable bonds is 24. The van der Waals surface area contributed by atoms with Crippen LogP contribution in [0.1, 0.15) is 142 Å². The minimum Gasteiger partial charge on any atom is -0.394 e. The maximum atomic E-state index is 9.65. The fourth-order valence-corrected chi connectivity index (χ4v) is 4.12. The lowest BCUT2D eigenvalue weighted by molar-refractivity contribution is 0.0910. The van der Waals surface area contributed by atoms with Gasteiger partial charge in [0.1, 0.15) is 0 Å². The molecule has 0 aliphatic rings. The Morgan fingerprint density at radius 1 is 0.552 bits per heavy atom. The molecular formula is C26H55NO2. The monoisotopic (exact) mass is 413 g/mol. The van der Waals surface area contributed by atoms with Gasteiger partial charge in [0.15, 0.2) is 0 Å². The molecule has 0 spiro atoms. The first-order valence-electron chi connectivity index (χ1n) is 13.3. The highest BCUT2D eigenvalue weighted by molar-refractivity contribution is 4.70. The van der Waals surface area contributed by atoms with E-state index in [0.717, 1.165) is 0 Å². The number of aliphatic hydroxyl groups is 2. The summed E-state index contributed by atoms with van der Waals surface area (Å²) in [5, 5.41) is 22.2. The summed E-state index contributed by atoms with van der Waals surface area (Å²) in [5.41, 5.74) is 0. The van der Waals surface area contributed by atoms with Crippen LogP contribution >= 0.6 is 0 Å². The molecule has 176 valence electrons. The van der Waals surface area contributed by atoms with Crippen LogP contribution in [0, 0.1) is 0 Å². The van der Waals surface area contributed by atoms with Crippen LogP contribution in [0.3, 0.4) is 0 Å². The lowest BCUT2D eigenvalue weighted by Gasteiger charge is -2.20. The minimum atomic E-state index is -0.622. The average Bonchev–Trinajstić information content (AvgIpc) is 2.74. The summed E-state index contributed by atoms with van der Waals surface area (Å²) < 4.78 is 0. The third-order valence-corrected chi connectivity index (χ3v) is 6.17. The smallest absolute Gasteiger partial charge is 0.0895 e. The zero-order valence-electron chi connectivity index (χ0n) is 20.1. The van der Waals surface area contributed by atoms with E-state index in [0.29, 0.717) is 12.6 Å². The molecule has 0 bridgehead atoms. The van der Waals surface area contributed by atoms with Gasteiger partial charge in [0.05, 0.1) is 12.7 Å². The predicted octanol–water partition coefficient (Wildman–Crippen LogP) is 7.14. The van der Waals surface area contributed by atoms with E-state index in [-0.39, 0.29) is 6.61 Å². The standard InChI is InChI=1S/C26H55NO2/c1-3-5-7-9-11-13-15-17-19-21-25(27-23-26(29)24-28)22-20-18-16-14-12-10-8-6-4-2/h25-29H,3-24H2,1-2H3. The molecule has 1 unspecified atom stereocenters. The molecule has 0 aliphatic heterocycles. The Hall–Kier alpha value is -0.120. The topological polar surface area (TPSA) is 52.5 Å². The van der Waals surface area contributed by atoms with Gasteiger partial charge in [-0.1, -0.05) is 129 Å². The second-order valence-electron chi connectivity index (χ2n) is 9.18. The van der Waals surface area contributed by atoms with Crippen molar-refractivity contribution in [2.24, 2.45) is 0 Å². The van der Waals surface area contributed by atoms with Crippen molar-refractivity contribution in [1.29, 1.82) is 0 Å². The van der Waals surface area contributed by atoms with Crippen LogP contribution in [-0.2, 0) is 0 Å². The summed E-state index contributed by atoms with van der Waals surface area (Å²) in [7, 11) is 0. The first kappa shape index (κ1) is 28.9. The van der Waals surface area contributed by atoms with E-state index in [9.17, 15) is 5.11 Å². The lowest BCUT2D eigenvalue weighted by atomic mass is 9.99. The van der Waals surface area contributed by atoms with Crippen LogP contribution in [0.2, 0.25) is 0 Å². The van der Waals surface area contributed by atoms with E-state index >= 15 is 0 Å². The van der Waals surface area contributed by atoms with E-state index in [1.54, 1.807) is 0 Å². The molecule has 0 aromatic rings. The molecule has 0 heterocycles. The molecule has 3 N–H and O–H groups in total. The van der Waals surface area contributed by atoms with Gasteiger partial charge in [-0.2, -0.15) is 0 Å². The Kier molecular flexibility index (Phi) is 24.1. The van der Waals surface area contributed by atoms with Crippen molar-refractivity contribution in [1.82, 2.24) is 5.32 Å². The summed E-state index contributed by atoms with van der Waals surface area (Å²) in [6, 6.07) is 0.505. The Morgan fingerprint density at radius 2 is 0.897 bits per heavy atom. The number of aliphatic hydroxyl groups excluding tert-OH is 2. The predicted molar refractivity (Wildman–Crippen MR) is 129 cm³/mol. The van der Waals surface area contributed by atoms with Crippen molar-refractivity contribution in [2.45, 2.75) is 154 Å². The van der Waals surface area contributed by atoms with Crippen LogP contribution in [0.25, 0.3) is 0 Å². The molecule has 0 radical (unpaired) electrons. The highest BCUT2D eigenvalue weighted by Gasteiger charge is 2.10. The molecule has 0 aromatic carbocycles. The number of hydrogen-bond donors (Lipinski definition) is 3. The Balaban J connectivity index is 3.75. The normalized spacial score (nSPS) is 12.7. The largest absolute Gasteiger partial charge is 0.394 e. The summed E-state index contributed by atoms with van der Waals surface area (Å²) in [5.74, 6) is 0. The summed E-state index contributed by atoms with van der Waals surface area (Å²) >= 11 is 0. The average molecular weight is 414 g/mol. The second-order valence-corrected chi connectivity index (χ2v) is 9.18. The molecule has 0 rings (SSSR count). The van der Waals surface area contributed by atoms with Gasteiger partial charge in [0, 0.05) is 12.6 Å². The first-order chi connectivity index (χ1) is 14.2.